The monoisotopic (exact) mass is 185 g/mol. The van der Waals surface area contributed by atoms with Crippen molar-refractivity contribution < 1.29 is 14.8 Å². The van der Waals surface area contributed by atoms with Crippen LogP contribution in [0.4, 0.5) is 5.82 Å². The van der Waals surface area contributed by atoms with E-state index in [1.807, 2.05) is 0 Å². The molecule has 0 aliphatic rings. The Morgan fingerprint density at radius 3 is 2.92 bits per heavy atom. The van der Waals surface area contributed by atoms with Crippen molar-refractivity contribution >= 4 is 11.8 Å². The number of carbonyl (C=O) groups is 1. The van der Waals surface area contributed by atoms with Crippen LogP contribution < -0.4 is 0 Å². The number of carboxylic acid groups (broad SMARTS) is 1. The number of nitrogens with one attached hydrogen (secondary N) is 1. The van der Waals surface area contributed by atoms with Crippen LogP contribution in [-0.2, 0) is 4.79 Å². The minimum absolute atomic E-state index is 0.0810. The van der Waals surface area contributed by atoms with E-state index < -0.39 is 16.8 Å². The van der Waals surface area contributed by atoms with Gasteiger partial charge in [-0.3, -0.25) is 4.79 Å². The number of aromatic amines is 1. The number of nitrogens with zero attached hydrogens (tertiary/aromatic N) is 2. The molecule has 1 heterocycles. The van der Waals surface area contributed by atoms with Gasteiger partial charge in [0, 0.05) is 0 Å². The van der Waals surface area contributed by atoms with Gasteiger partial charge in [-0.1, -0.05) is 5.10 Å². The van der Waals surface area contributed by atoms with E-state index in [1.54, 1.807) is 0 Å². The second-order valence-corrected chi connectivity index (χ2v) is 2.49. The van der Waals surface area contributed by atoms with Crippen LogP contribution in [0.2, 0.25) is 0 Å². The highest BCUT2D eigenvalue weighted by Gasteiger charge is 2.25. The maximum atomic E-state index is 10.5. The number of hydrogen-bond donors (Lipinski definition) is 2. The summed E-state index contributed by atoms with van der Waals surface area (Å²) in [6.45, 7) is 1.36. The quantitative estimate of drug-likeness (QED) is 0.526. The van der Waals surface area contributed by atoms with E-state index in [-0.39, 0.29) is 11.4 Å². The van der Waals surface area contributed by atoms with Crippen LogP contribution in [0.1, 0.15) is 18.4 Å². The zero-order valence-corrected chi connectivity index (χ0v) is 6.72. The van der Waals surface area contributed by atoms with Crippen molar-refractivity contribution in [3.8, 4) is 0 Å². The lowest BCUT2D eigenvalue weighted by molar-refractivity contribution is -0.390. The topological polar surface area (TPSA) is 109 Å². The largest absolute Gasteiger partial charge is 0.481 e. The van der Waals surface area contributed by atoms with Crippen LogP contribution in [-0.4, -0.2) is 26.2 Å². The summed E-state index contributed by atoms with van der Waals surface area (Å²) in [5.74, 6) is -2.42. The van der Waals surface area contributed by atoms with Crippen molar-refractivity contribution in [3.63, 3.8) is 0 Å². The molecule has 7 nitrogen and oxygen atoms in total. The molecule has 0 aliphatic heterocycles. The van der Waals surface area contributed by atoms with Gasteiger partial charge in [-0.15, -0.1) is 5.10 Å². The fraction of sp³-hybridized carbons (Fsp3) is 0.333. The maximum Gasteiger partial charge on any atom is 0.346 e. The molecule has 1 unspecified atom stereocenters. The van der Waals surface area contributed by atoms with Crippen molar-refractivity contribution in [2.75, 3.05) is 0 Å². The Morgan fingerprint density at radius 2 is 2.46 bits per heavy atom. The predicted octanol–water partition coefficient (Wildman–Crippen LogP) is 0.506. The fourth-order valence-corrected chi connectivity index (χ4v) is 0.885. The van der Waals surface area contributed by atoms with E-state index >= 15 is 0 Å². The number of hydrogen-bond acceptors (Lipinski definition) is 4. The van der Waals surface area contributed by atoms with Gasteiger partial charge in [-0.05, 0) is 11.8 Å². The molecular weight excluding hydrogens is 178 g/mol. The fourth-order valence-electron chi connectivity index (χ4n) is 0.885. The summed E-state index contributed by atoms with van der Waals surface area (Å²) in [5, 5.41) is 24.5. The molecule has 0 saturated heterocycles. The maximum absolute atomic E-state index is 10.5. The van der Waals surface area contributed by atoms with Crippen molar-refractivity contribution in [2.45, 2.75) is 12.8 Å². The number of rotatable bonds is 3. The molecule has 0 spiro atoms. The average molecular weight is 185 g/mol. The Hall–Kier alpha value is -1.92. The molecule has 1 aromatic rings. The summed E-state index contributed by atoms with van der Waals surface area (Å²) in [6.07, 6.45) is 1.15. The van der Waals surface area contributed by atoms with Crippen LogP contribution >= 0.6 is 0 Å². The first-order chi connectivity index (χ1) is 6.04. The highest BCUT2D eigenvalue weighted by atomic mass is 16.6. The van der Waals surface area contributed by atoms with Crippen LogP contribution in [0.5, 0.6) is 0 Å². The van der Waals surface area contributed by atoms with Crippen LogP contribution in [0, 0.1) is 10.1 Å². The summed E-state index contributed by atoms with van der Waals surface area (Å²) >= 11 is 0. The van der Waals surface area contributed by atoms with Gasteiger partial charge in [0.05, 0.1) is 17.7 Å². The molecule has 0 fully saturated rings. The van der Waals surface area contributed by atoms with Gasteiger partial charge in [0.15, 0.2) is 0 Å². The number of H-pyrrole nitrogens is 1. The highest BCUT2D eigenvalue weighted by molar-refractivity contribution is 5.76. The predicted molar refractivity (Wildman–Crippen MR) is 41.3 cm³/mol. The van der Waals surface area contributed by atoms with E-state index in [0.29, 0.717) is 0 Å². The first-order valence-electron chi connectivity index (χ1n) is 3.44. The minimum atomic E-state index is -1.12. The van der Waals surface area contributed by atoms with Crippen molar-refractivity contribution in [3.05, 3.63) is 21.9 Å². The molecule has 13 heavy (non-hydrogen) atoms. The smallest absolute Gasteiger partial charge is 0.346 e. The van der Waals surface area contributed by atoms with E-state index in [2.05, 4.69) is 10.2 Å². The third-order valence-corrected chi connectivity index (χ3v) is 1.67. The first-order valence-corrected chi connectivity index (χ1v) is 3.44. The van der Waals surface area contributed by atoms with Crippen molar-refractivity contribution in [1.29, 1.82) is 0 Å². The second kappa shape index (κ2) is 3.21. The summed E-state index contributed by atoms with van der Waals surface area (Å²) in [5.41, 5.74) is 0.0810. The molecule has 1 aromatic heterocycles. The number of aromatic nitrogens is 2. The summed E-state index contributed by atoms with van der Waals surface area (Å²) in [6, 6.07) is 0. The Morgan fingerprint density at radius 1 is 1.85 bits per heavy atom. The highest BCUT2D eigenvalue weighted by Crippen LogP contribution is 2.23. The average Bonchev–Trinajstić information content (AvgIpc) is 2.50. The lowest BCUT2D eigenvalue weighted by Gasteiger charge is -2.01. The molecule has 0 radical (unpaired) electrons. The van der Waals surface area contributed by atoms with Gasteiger partial charge in [0.2, 0.25) is 0 Å². The van der Waals surface area contributed by atoms with Crippen LogP contribution in [0.15, 0.2) is 6.20 Å². The molecule has 1 rings (SSSR count). The summed E-state index contributed by atoms with van der Waals surface area (Å²) in [7, 11) is 0. The van der Waals surface area contributed by atoms with Gasteiger partial charge in [-0.2, -0.15) is 0 Å². The molecule has 1 atom stereocenters. The third-order valence-electron chi connectivity index (χ3n) is 1.67. The zero-order chi connectivity index (χ0) is 10.0. The van der Waals surface area contributed by atoms with E-state index in [0.717, 1.165) is 6.20 Å². The number of nitro groups is 1. The number of aliphatic carboxylic acids is 1. The Balaban J connectivity index is 3.07. The first kappa shape index (κ1) is 9.17. The zero-order valence-electron chi connectivity index (χ0n) is 6.72. The molecule has 0 amide bonds. The Labute approximate surface area is 72.5 Å². The SMILES string of the molecule is CC(C(=O)O)c1cn[nH]c1[N+](=O)[O-]. The molecular formula is C6H7N3O4. The van der Waals surface area contributed by atoms with Gasteiger partial charge in [0.1, 0.15) is 0 Å². The lowest BCUT2D eigenvalue weighted by atomic mass is 10.1. The molecule has 70 valence electrons. The lowest BCUT2D eigenvalue weighted by Crippen LogP contribution is -2.08. The number of carboxylic acids is 1. The van der Waals surface area contributed by atoms with Crippen molar-refractivity contribution in [1.82, 2.24) is 10.2 Å². The van der Waals surface area contributed by atoms with Crippen LogP contribution in [0.25, 0.3) is 0 Å². The van der Waals surface area contributed by atoms with Gasteiger partial charge < -0.3 is 15.2 Å². The third kappa shape index (κ3) is 1.63. The molecule has 0 saturated carbocycles. The van der Waals surface area contributed by atoms with Crippen LogP contribution in [0.3, 0.4) is 0 Å². The Bertz CT molecular complexity index is 345. The standard InChI is InChI=1S/C6H7N3O4/c1-3(6(10)11)4-2-7-8-5(4)9(12)13/h2-3H,1H3,(H,7,8)(H,10,11). The molecule has 0 aliphatic carbocycles. The molecule has 0 aromatic carbocycles. The van der Waals surface area contributed by atoms with E-state index in [1.165, 1.54) is 6.92 Å². The normalized spacial score (nSPS) is 12.4. The summed E-state index contributed by atoms with van der Waals surface area (Å²) in [4.78, 5) is 20.2. The Kier molecular flexibility index (Phi) is 2.27. The van der Waals surface area contributed by atoms with E-state index in [4.69, 9.17) is 5.11 Å². The van der Waals surface area contributed by atoms with E-state index in [9.17, 15) is 14.9 Å². The van der Waals surface area contributed by atoms with Gasteiger partial charge >= 0.3 is 11.8 Å². The van der Waals surface area contributed by atoms with Gasteiger partial charge in [0.25, 0.3) is 0 Å². The van der Waals surface area contributed by atoms with Gasteiger partial charge in [-0.25, -0.2) is 0 Å². The molecule has 7 heteroatoms. The van der Waals surface area contributed by atoms with Crippen molar-refractivity contribution in [2.24, 2.45) is 0 Å². The molecule has 0 bridgehead atoms. The second-order valence-electron chi connectivity index (χ2n) is 2.49. The minimum Gasteiger partial charge on any atom is -0.481 e. The molecule has 2 N–H and O–H groups in total. The summed E-state index contributed by atoms with van der Waals surface area (Å²) < 4.78 is 0.